The maximum absolute atomic E-state index is 12.2. The minimum Gasteiger partial charge on any atom is -0.494 e. The van der Waals surface area contributed by atoms with Crippen LogP contribution >= 0.6 is 0 Å². The van der Waals surface area contributed by atoms with Gasteiger partial charge in [0.1, 0.15) is 17.6 Å². The number of nitrogens with one attached hydrogen (secondary N) is 2. The van der Waals surface area contributed by atoms with E-state index in [1.165, 1.54) is 19.3 Å². The van der Waals surface area contributed by atoms with Gasteiger partial charge in [0.25, 0.3) is 0 Å². The monoisotopic (exact) mass is 470 g/mol. The van der Waals surface area contributed by atoms with E-state index in [1.54, 1.807) is 13.3 Å². The fraction of sp³-hybridized carbons (Fsp3) is 0.407. The number of methoxy groups -OCH3 is 1. The van der Waals surface area contributed by atoms with Gasteiger partial charge >= 0.3 is 0 Å². The third-order valence-electron chi connectivity index (χ3n) is 6.87. The quantitative estimate of drug-likeness (QED) is 0.457. The van der Waals surface area contributed by atoms with Gasteiger partial charge in [-0.2, -0.15) is 10.4 Å². The van der Waals surface area contributed by atoms with Crippen molar-refractivity contribution in [1.82, 2.24) is 14.8 Å². The summed E-state index contributed by atoms with van der Waals surface area (Å²) in [5, 5.41) is 20.8. The van der Waals surface area contributed by atoms with Gasteiger partial charge in [0.2, 0.25) is 5.91 Å². The summed E-state index contributed by atoms with van der Waals surface area (Å²) in [6, 6.07) is 10.3. The summed E-state index contributed by atoms with van der Waals surface area (Å²) in [5.41, 5.74) is 4.49. The van der Waals surface area contributed by atoms with Crippen LogP contribution in [0.5, 0.6) is 5.75 Å². The van der Waals surface area contributed by atoms with E-state index in [1.807, 2.05) is 42.1 Å². The molecule has 2 heterocycles. The molecule has 1 amide bonds. The Bertz CT molecular complexity index is 1280. The van der Waals surface area contributed by atoms with Gasteiger partial charge in [-0.3, -0.25) is 9.48 Å². The first kappa shape index (κ1) is 22.9. The highest BCUT2D eigenvalue weighted by Gasteiger charge is 2.30. The topological polar surface area (TPSA) is 105 Å². The number of carbonyl (C=O) groups excluding carboxylic acids is 1. The lowest BCUT2D eigenvalue weighted by atomic mass is 9.96. The Kier molecular flexibility index (Phi) is 6.41. The van der Waals surface area contributed by atoms with Gasteiger partial charge in [0, 0.05) is 41.2 Å². The molecule has 8 nitrogen and oxygen atoms in total. The second-order valence-corrected chi connectivity index (χ2v) is 9.43. The number of aryl methyl sites for hydroxylation is 1. The van der Waals surface area contributed by atoms with Crippen LogP contribution in [0, 0.1) is 24.2 Å². The molecular weight excluding hydrogens is 440 g/mol. The normalized spacial score (nSPS) is 15.9. The molecule has 5 rings (SSSR count). The number of anilines is 3. The lowest BCUT2D eigenvalue weighted by Crippen LogP contribution is -2.14. The lowest BCUT2D eigenvalue weighted by Gasteiger charge is -2.21. The van der Waals surface area contributed by atoms with E-state index in [0.29, 0.717) is 23.3 Å². The van der Waals surface area contributed by atoms with E-state index < -0.39 is 0 Å². The molecule has 35 heavy (non-hydrogen) atoms. The Hall–Kier alpha value is -3.86. The first-order valence-corrected chi connectivity index (χ1v) is 12.3. The molecule has 0 aliphatic heterocycles. The Morgan fingerprint density at radius 2 is 1.94 bits per heavy atom. The number of nitriles is 1. The van der Waals surface area contributed by atoms with Gasteiger partial charge < -0.3 is 15.4 Å². The number of amides is 1. The van der Waals surface area contributed by atoms with E-state index in [4.69, 9.17) is 4.74 Å². The average molecular weight is 471 g/mol. The molecule has 3 aromatic rings. The average Bonchev–Trinajstić information content (AvgIpc) is 3.65. The van der Waals surface area contributed by atoms with E-state index in [-0.39, 0.29) is 11.8 Å². The number of ether oxygens (including phenoxy) is 1. The first-order valence-electron chi connectivity index (χ1n) is 12.3. The smallest absolute Gasteiger partial charge is 0.228 e. The number of para-hydroxylation sites is 1. The number of hydrogen-bond donors (Lipinski definition) is 2. The van der Waals surface area contributed by atoms with Gasteiger partial charge in [-0.25, -0.2) is 4.98 Å². The summed E-state index contributed by atoms with van der Waals surface area (Å²) in [7, 11) is 1.63. The van der Waals surface area contributed by atoms with E-state index >= 15 is 0 Å². The summed E-state index contributed by atoms with van der Waals surface area (Å²) in [4.78, 5) is 16.5. The van der Waals surface area contributed by atoms with Crippen molar-refractivity contribution in [2.75, 3.05) is 17.7 Å². The predicted molar refractivity (Wildman–Crippen MR) is 135 cm³/mol. The maximum atomic E-state index is 12.2. The molecular formula is C27H30N6O2. The number of carbonyl (C=O) groups is 1. The summed E-state index contributed by atoms with van der Waals surface area (Å²) in [5.74, 6) is 1.28. The van der Waals surface area contributed by atoms with Crippen molar-refractivity contribution >= 4 is 23.1 Å². The minimum absolute atomic E-state index is 0.0193. The number of benzene rings is 1. The summed E-state index contributed by atoms with van der Waals surface area (Å²) in [6.07, 6.45) is 11.4. The fourth-order valence-corrected chi connectivity index (χ4v) is 4.72. The minimum atomic E-state index is 0.0193. The van der Waals surface area contributed by atoms with Crippen LogP contribution in [0.4, 0.5) is 17.2 Å². The molecule has 2 aromatic heterocycles. The van der Waals surface area contributed by atoms with Crippen LogP contribution in [0.25, 0.3) is 11.1 Å². The predicted octanol–water partition coefficient (Wildman–Crippen LogP) is 5.73. The van der Waals surface area contributed by atoms with Gasteiger partial charge in [-0.1, -0.05) is 31.4 Å². The molecule has 2 saturated carbocycles. The van der Waals surface area contributed by atoms with Crippen molar-refractivity contribution in [3.63, 3.8) is 0 Å². The molecule has 0 saturated heterocycles. The number of pyridine rings is 1. The van der Waals surface area contributed by atoms with Crippen molar-refractivity contribution in [3.8, 4) is 22.9 Å². The zero-order valence-electron chi connectivity index (χ0n) is 20.2. The van der Waals surface area contributed by atoms with Gasteiger partial charge in [0.05, 0.1) is 18.8 Å². The highest BCUT2D eigenvalue weighted by molar-refractivity contribution is 5.94. The van der Waals surface area contributed by atoms with Crippen LogP contribution in [-0.2, 0) is 4.79 Å². The molecule has 0 unspecified atom stereocenters. The molecule has 0 atom stereocenters. The third kappa shape index (κ3) is 4.85. The van der Waals surface area contributed by atoms with Crippen LogP contribution in [0.3, 0.4) is 0 Å². The number of aromatic nitrogens is 3. The largest absolute Gasteiger partial charge is 0.494 e. The molecule has 180 valence electrons. The number of hydrogen-bond acceptors (Lipinski definition) is 6. The second-order valence-electron chi connectivity index (χ2n) is 9.43. The van der Waals surface area contributed by atoms with Crippen LogP contribution in [-0.4, -0.2) is 27.8 Å². The molecule has 2 N–H and O–H groups in total. The maximum Gasteiger partial charge on any atom is 0.228 e. The Morgan fingerprint density at radius 3 is 2.66 bits per heavy atom. The molecule has 8 heteroatoms. The Labute approximate surface area is 205 Å². The zero-order chi connectivity index (χ0) is 24.4. The third-order valence-corrected chi connectivity index (χ3v) is 6.87. The summed E-state index contributed by atoms with van der Waals surface area (Å²) >= 11 is 0. The molecule has 0 bridgehead atoms. The highest BCUT2D eigenvalue weighted by atomic mass is 16.5. The molecule has 2 aliphatic rings. The molecule has 1 aromatic carbocycles. The van der Waals surface area contributed by atoms with Crippen molar-refractivity contribution in [3.05, 3.63) is 47.9 Å². The van der Waals surface area contributed by atoms with Gasteiger partial charge in [-0.05, 0) is 44.2 Å². The van der Waals surface area contributed by atoms with Gasteiger partial charge in [-0.15, -0.1) is 0 Å². The Balaban J connectivity index is 1.46. The fourth-order valence-electron chi connectivity index (χ4n) is 4.72. The SMILES string of the molecule is COc1c(Nc2cc(NC(=O)C3CC3)ncc2C)cccc1-c1cn(C2CCCCC2)nc1C#N. The van der Waals surface area contributed by atoms with E-state index in [0.717, 1.165) is 53.7 Å². The summed E-state index contributed by atoms with van der Waals surface area (Å²) in [6.45, 7) is 1.96. The molecule has 2 aliphatic carbocycles. The zero-order valence-corrected chi connectivity index (χ0v) is 20.2. The molecule has 2 fully saturated rings. The van der Waals surface area contributed by atoms with Crippen molar-refractivity contribution in [1.29, 1.82) is 5.26 Å². The molecule has 0 spiro atoms. The van der Waals surface area contributed by atoms with E-state index in [2.05, 4.69) is 26.8 Å². The number of nitrogens with zero attached hydrogens (tertiary/aromatic N) is 4. The van der Waals surface area contributed by atoms with Crippen LogP contribution in [0.15, 0.2) is 36.7 Å². The number of rotatable bonds is 7. The molecule has 0 radical (unpaired) electrons. The van der Waals surface area contributed by atoms with Crippen LogP contribution < -0.4 is 15.4 Å². The van der Waals surface area contributed by atoms with Crippen molar-refractivity contribution in [2.24, 2.45) is 5.92 Å². The lowest BCUT2D eigenvalue weighted by molar-refractivity contribution is -0.117. The van der Waals surface area contributed by atoms with E-state index in [9.17, 15) is 10.1 Å². The standard InChI is InChI=1S/C27H30N6O2/c1-17-15-29-25(31-27(34)18-11-12-18)13-23(17)30-22-10-6-9-20(26(22)35-2)21-16-33(32-24(21)14-28)19-7-4-3-5-8-19/h6,9-10,13,15-16,18-19H,3-5,7-8,11-12H2,1-2H3,(H2,29,30,31,34). The second kappa shape index (κ2) is 9.79. The highest BCUT2D eigenvalue weighted by Crippen LogP contribution is 2.40. The van der Waals surface area contributed by atoms with Crippen molar-refractivity contribution < 1.29 is 9.53 Å². The summed E-state index contributed by atoms with van der Waals surface area (Å²) < 4.78 is 7.80. The first-order chi connectivity index (χ1) is 17.1. The van der Waals surface area contributed by atoms with Crippen molar-refractivity contribution in [2.45, 2.75) is 57.9 Å². The van der Waals surface area contributed by atoms with Crippen LogP contribution in [0.2, 0.25) is 0 Å². The van der Waals surface area contributed by atoms with Gasteiger partial charge in [0.15, 0.2) is 5.69 Å². The van der Waals surface area contributed by atoms with Crippen LogP contribution in [0.1, 0.15) is 62.2 Å². The Morgan fingerprint density at radius 1 is 1.14 bits per heavy atom.